The van der Waals surface area contributed by atoms with Gasteiger partial charge in [-0.15, -0.1) is 0 Å². The van der Waals surface area contributed by atoms with Gasteiger partial charge >= 0.3 is 6.03 Å². The molecule has 1 aromatic heterocycles. The Labute approximate surface area is 152 Å². The summed E-state index contributed by atoms with van der Waals surface area (Å²) in [6.45, 7) is 0. The van der Waals surface area contributed by atoms with Gasteiger partial charge in [0.15, 0.2) is 5.13 Å². The average molecular weight is 366 g/mol. The van der Waals surface area contributed by atoms with Crippen LogP contribution in [0.15, 0.2) is 48.5 Å². The van der Waals surface area contributed by atoms with Gasteiger partial charge in [0.05, 0.1) is 10.2 Å². The van der Waals surface area contributed by atoms with Crippen molar-refractivity contribution in [2.75, 3.05) is 15.5 Å². The molecule has 0 unspecified atom stereocenters. The summed E-state index contributed by atoms with van der Waals surface area (Å²) in [6, 6.07) is 14.0. The van der Waals surface area contributed by atoms with Crippen LogP contribution in [0.2, 0.25) is 0 Å². The number of urea groups is 1. The van der Waals surface area contributed by atoms with E-state index in [1.807, 2.05) is 18.2 Å². The lowest BCUT2D eigenvalue weighted by Crippen LogP contribution is -2.28. The van der Waals surface area contributed by atoms with Crippen LogP contribution in [-0.4, -0.2) is 22.8 Å². The number of nitrogens with one attached hydrogen (secondary N) is 2. The summed E-state index contributed by atoms with van der Waals surface area (Å²) < 4.78 is 0.782. The first-order valence-electron chi connectivity index (χ1n) is 7.99. The Hall–Kier alpha value is -3.26. The van der Waals surface area contributed by atoms with Gasteiger partial charge in [-0.3, -0.25) is 9.59 Å². The van der Waals surface area contributed by atoms with Crippen LogP contribution in [0, 0.1) is 0 Å². The standard InChI is InChI=1S/C18H14N4O3S/c23-15-8-9-16(24)22(15)18-21-13-7-6-12(10-14(13)26-18)20-17(25)19-11-4-2-1-3-5-11/h1-7,10H,8-9H2,(H2,19,20,25). The van der Waals surface area contributed by atoms with E-state index in [1.54, 1.807) is 30.3 Å². The van der Waals surface area contributed by atoms with E-state index in [4.69, 9.17) is 0 Å². The van der Waals surface area contributed by atoms with Crippen molar-refractivity contribution in [3.8, 4) is 0 Å². The molecule has 4 rings (SSSR count). The maximum Gasteiger partial charge on any atom is 0.323 e. The maximum absolute atomic E-state index is 12.1. The third-order valence-corrected chi connectivity index (χ3v) is 4.91. The second-order valence-electron chi connectivity index (χ2n) is 5.75. The van der Waals surface area contributed by atoms with Crippen molar-refractivity contribution < 1.29 is 14.4 Å². The zero-order valence-electron chi connectivity index (χ0n) is 13.6. The number of carbonyl (C=O) groups excluding carboxylic acids is 3. The second-order valence-corrected chi connectivity index (χ2v) is 6.76. The summed E-state index contributed by atoms with van der Waals surface area (Å²) >= 11 is 1.25. The van der Waals surface area contributed by atoms with Gasteiger partial charge in [0.2, 0.25) is 11.8 Å². The molecule has 4 amide bonds. The van der Waals surface area contributed by atoms with Crippen LogP contribution in [0.4, 0.5) is 21.3 Å². The molecule has 0 atom stereocenters. The quantitative estimate of drug-likeness (QED) is 0.693. The molecule has 0 spiro atoms. The minimum atomic E-state index is -0.356. The van der Waals surface area contributed by atoms with E-state index in [0.29, 0.717) is 22.0 Å². The molecule has 0 radical (unpaired) electrons. The molecule has 0 saturated carbocycles. The largest absolute Gasteiger partial charge is 0.323 e. The molecule has 1 fully saturated rings. The van der Waals surface area contributed by atoms with Gasteiger partial charge in [0.25, 0.3) is 0 Å². The number of aromatic nitrogens is 1. The summed E-state index contributed by atoms with van der Waals surface area (Å²) in [7, 11) is 0. The number of hydrogen-bond donors (Lipinski definition) is 2. The molecule has 1 aliphatic rings. The molecule has 2 heterocycles. The van der Waals surface area contributed by atoms with E-state index in [1.165, 1.54) is 11.3 Å². The van der Waals surface area contributed by atoms with Crippen molar-refractivity contribution in [2.24, 2.45) is 0 Å². The van der Waals surface area contributed by atoms with E-state index in [2.05, 4.69) is 15.6 Å². The smallest absolute Gasteiger partial charge is 0.308 e. The Bertz CT molecular complexity index is 1000. The number of para-hydroxylation sites is 1. The Morgan fingerprint density at radius 1 is 0.962 bits per heavy atom. The predicted octanol–water partition coefficient (Wildman–Crippen LogP) is 3.59. The molecule has 1 saturated heterocycles. The number of anilines is 3. The van der Waals surface area contributed by atoms with Crippen molar-refractivity contribution in [1.82, 2.24) is 4.98 Å². The van der Waals surface area contributed by atoms with Crippen LogP contribution in [0.1, 0.15) is 12.8 Å². The first-order chi connectivity index (χ1) is 12.6. The van der Waals surface area contributed by atoms with Crippen LogP contribution in [0.25, 0.3) is 10.2 Å². The zero-order chi connectivity index (χ0) is 18.1. The third-order valence-electron chi connectivity index (χ3n) is 3.91. The van der Waals surface area contributed by atoms with Crippen LogP contribution < -0.4 is 15.5 Å². The van der Waals surface area contributed by atoms with Gasteiger partial charge in [0, 0.05) is 24.2 Å². The molecule has 3 aromatic rings. The zero-order valence-corrected chi connectivity index (χ0v) is 14.4. The fraction of sp³-hybridized carbons (Fsp3) is 0.111. The van der Waals surface area contributed by atoms with E-state index in [0.717, 1.165) is 9.60 Å². The van der Waals surface area contributed by atoms with E-state index in [-0.39, 0.29) is 30.7 Å². The van der Waals surface area contributed by atoms with Crippen molar-refractivity contribution in [3.05, 3.63) is 48.5 Å². The maximum atomic E-state index is 12.1. The molecule has 0 aliphatic carbocycles. The molecule has 0 bridgehead atoms. The van der Waals surface area contributed by atoms with Gasteiger partial charge in [0.1, 0.15) is 0 Å². The Morgan fingerprint density at radius 3 is 2.38 bits per heavy atom. The van der Waals surface area contributed by atoms with Crippen LogP contribution in [-0.2, 0) is 9.59 Å². The van der Waals surface area contributed by atoms with Crippen molar-refractivity contribution in [1.29, 1.82) is 0 Å². The van der Waals surface area contributed by atoms with E-state index in [9.17, 15) is 14.4 Å². The number of fused-ring (bicyclic) bond motifs is 1. The monoisotopic (exact) mass is 366 g/mol. The Balaban J connectivity index is 1.53. The molecule has 130 valence electrons. The van der Waals surface area contributed by atoms with Gasteiger partial charge < -0.3 is 10.6 Å². The lowest BCUT2D eigenvalue weighted by molar-refractivity contribution is -0.121. The number of imide groups is 1. The average Bonchev–Trinajstić information content (AvgIpc) is 3.17. The number of benzene rings is 2. The second kappa shape index (κ2) is 6.57. The number of carbonyl (C=O) groups is 3. The highest BCUT2D eigenvalue weighted by Crippen LogP contribution is 2.33. The number of nitrogens with zero attached hydrogens (tertiary/aromatic N) is 2. The van der Waals surface area contributed by atoms with Crippen molar-refractivity contribution >= 4 is 55.9 Å². The summed E-state index contributed by atoms with van der Waals surface area (Å²) in [5.74, 6) is -0.454. The summed E-state index contributed by atoms with van der Waals surface area (Å²) in [4.78, 5) is 41.3. The summed E-state index contributed by atoms with van der Waals surface area (Å²) in [5.41, 5.74) is 1.96. The molecule has 2 aromatic carbocycles. The molecule has 1 aliphatic heterocycles. The van der Waals surface area contributed by atoms with E-state index >= 15 is 0 Å². The number of hydrogen-bond acceptors (Lipinski definition) is 5. The minimum absolute atomic E-state index is 0.223. The molecule has 2 N–H and O–H groups in total. The fourth-order valence-corrected chi connectivity index (χ4v) is 3.73. The molecule has 8 heteroatoms. The molecule has 26 heavy (non-hydrogen) atoms. The van der Waals surface area contributed by atoms with Gasteiger partial charge in [-0.05, 0) is 30.3 Å². The first kappa shape index (κ1) is 16.2. The van der Waals surface area contributed by atoms with Gasteiger partial charge in [-0.1, -0.05) is 29.5 Å². The molecule has 7 nitrogen and oxygen atoms in total. The van der Waals surface area contributed by atoms with Crippen LogP contribution in [0.3, 0.4) is 0 Å². The Morgan fingerprint density at radius 2 is 1.65 bits per heavy atom. The highest BCUT2D eigenvalue weighted by Gasteiger charge is 2.32. The fourth-order valence-electron chi connectivity index (χ4n) is 2.69. The highest BCUT2D eigenvalue weighted by atomic mass is 32.1. The summed E-state index contributed by atoms with van der Waals surface area (Å²) in [5, 5.41) is 5.87. The minimum Gasteiger partial charge on any atom is -0.308 e. The lowest BCUT2D eigenvalue weighted by Gasteiger charge is -2.07. The molecular weight excluding hydrogens is 352 g/mol. The van der Waals surface area contributed by atoms with Crippen molar-refractivity contribution in [2.45, 2.75) is 12.8 Å². The Kier molecular flexibility index (Phi) is 4.10. The van der Waals surface area contributed by atoms with Gasteiger partial charge in [-0.2, -0.15) is 0 Å². The first-order valence-corrected chi connectivity index (χ1v) is 8.81. The third kappa shape index (κ3) is 3.14. The predicted molar refractivity (Wildman–Crippen MR) is 100 cm³/mol. The van der Waals surface area contributed by atoms with E-state index < -0.39 is 0 Å². The molecular formula is C18H14N4O3S. The summed E-state index contributed by atoms with van der Waals surface area (Å²) in [6.07, 6.45) is 0.447. The van der Waals surface area contributed by atoms with Crippen LogP contribution >= 0.6 is 11.3 Å². The number of rotatable bonds is 3. The van der Waals surface area contributed by atoms with Crippen molar-refractivity contribution in [3.63, 3.8) is 0 Å². The topological polar surface area (TPSA) is 91.4 Å². The normalized spacial score (nSPS) is 14.1. The number of thiazole rings is 1. The number of amides is 4. The lowest BCUT2D eigenvalue weighted by atomic mass is 10.3. The van der Waals surface area contributed by atoms with Gasteiger partial charge in [-0.25, -0.2) is 14.7 Å². The highest BCUT2D eigenvalue weighted by molar-refractivity contribution is 7.22. The van der Waals surface area contributed by atoms with Crippen LogP contribution in [0.5, 0.6) is 0 Å². The SMILES string of the molecule is O=C(Nc1ccccc1)Nc1ccc2nc(N3C(=O)CCC3=O)sc2c1.